The molecule has 0 aliphatic heterocycles. The molecule has 2 rings (SSSR count). The zero-order valence-electron chi connectivity index (χ0n) is 13.7. The summed E-state index contributed by atoms with van der Waals surface area (Å²) in [6.07, 6.45) is 3.96. The number of ether oxygens (including phenoxy) is 1. The lowest BCUT2D eigenvalue weighted by molar-refractivity contribution is 0.0954. The van der Waals surface area contributed by atoms with Gasteiger partial charge in [-0.25, -0.2) is 0 Å². The zero-order chi connectivity index (χ0) is 15.9. The predicted molar refractivity (Wildman–Crippen MR) is 94.6 cm³/mol. The average molecular weight is 335 g/mol. The van der Waals surface area contributed by atoms with E-state index in [0.717, 1.165) is 17.7 Å². The molecular formula is C18H23ClN2O2. The molecule has 0 radical (unpaired) electrons. The number of amides is 1. The van der Waals surface area contributed by atoms with Gasteiger partial charge in [-0.05, 0) is 41.7 Å². The number of methoxy groups -OCH3 is 1. The monoisotopic (exact) mass is 334 g/mol. The molecule has 1 aromatic heterocycles. The third kappa shape index (κ3) is 5.25. The molecule has 0 fully saturated rings. The average Bonchev–Trinajstić information content (AvgIpc) is 2.55. The van der Waals surface area contributed by atoms with Crippen LogP contribution in [-0.4, -0.2) is 24.5 Å². The number of nitrogens with zero attached hydrogens (tertiary/aromatic N) is 1. The number of hydrogen-bond acceptors (Lipinski definition) is 3. The van der Waals surface area contributed by atoms with E-state index in [-0.39, 0.29) is 18.3 Å². The van der Waals surface area contributed by atoms with Crippen LogP contribution in [0.15, 0.2) is 42.7 Å². The molecule has 5 heteroatoms. The fourth-order valence-electron chi connectivity index (χ4n) is 2.24. The molecule has 0 atom stereocenters. The Bertz CT molecular complexity index is 630. The summed E-state index contributed by atoms with van der Waals surface area (Å²) in [6.45, 7) is 4.88. The first-order valence-electron chi connectivity index (χ1n) is 7.47. The lowest BCUT2D eigenvalue weighted by Crippen LogP contribution is -2.25. The van der Waals surface area contributed by atoms with Crippen molar-refractivity contribution in [2.24, 2.45) is 0 Å². The van der Waals surface area contributed by atoms with Crippen molar-refractivity contribution in [1.82, 2.24) is 10.3 Å². The van der Waals surface area contributed by atoms with Gasteiger partial charge in [0.05, 0.1) is 7.11 Å². The Labute approximate surface area is 143 Å². The van der Waals surface area contributed by atoms with Gasteiger partial charge in [-0.3, -0.25) is 9.78 Å². The van der Waals surface area contributed by atoms with Crippen LogP contribution in [0.25, 0.3) is 0 Å². The van der Waals surface area contributed by atoms with E-state index < -0.39 is 0 Å². The van der Waals surface area contributed by atoms with Crippen molar-refractivity contribution in [2.45, 2.75) is 26.2 Å². The van der Waals surface area contributed by atoms with Crippen molar-refractivity contribution in [3.8, 4) is 5.75 Å². The number of pyridine rings is 1. The lowest BCUT2D eigenvalue weighted by atomic mass is 10.00. The summed E-state index contributed by atoms with van der Waals surface area (Å²) < 4.78 is 5.46. The number of aromatic nitrogens is 1. The minimum absolute atomic E-state index is 0. The first kappa shape index (κ1) is 19.0. The fourth-order valence-corrected chi connectivity index (χ4v) is 2.24. The van der Waals surface area contributed by atoms with E-state index in [1.807, 2.05) is 0 Å². The second kappa shape index (κ2) is 9.16. The van der Waals surface area contributed by atoms with E-state index in [0.29, 0.717) is 18.0 Å². The molecule has 2 aromatic rings. The normalized spacial score (nSPS) is 10.1. The summed E-state index contributed by atoms with van der Waals surface area (Å²) in [5.41, 5.74) is 2.97. The number of carbonyl (C=O) groups excluding carboxylic acids is 1. The standard InChI is InChI=1S/C18H22N2O2.ClH/c1-13(2)16-5-4-14(17(12-16)22-3)8-11-20-18(21)15-6-9-19-10-7-15;/h4-7,9-10,12-13H,8,11H2,1-3H3,(H,20,21);1H. The highest BCUT2D eigenvalue weighted by molar-refractivity contribution is 5.93. The van der Waals surface area contributed by atoms with Gasteiger partial charge in [-0.1, -0.05) is 26.0 Å². The third-order valence-electron chi connectivity index (χ3n) is 3.60. The van der Waals surface area contributed by atoms with Gasteiger partial charge in [0.2, 0.25) is 0 Å². The quantitative estimate of drug-likeness (QED) is 0.878. The van der Waals surface area contributed by atoms with Crippen molar-refractivity contribution in [2.75, 3.05) is 13.7 Å². The summed E-state index contributed by atoms with van der Waals surface area (Å²) in [4.78, 5) is 15.9. The van der Waals surface area contributed by atoms with Gasteiger partial charge in [0.15, 0.2) is 0 Å². The van der Waals surface area contributed by atoms with Gasteiger partial charge >= 0.3 is 0 Å². The van der Waals surface area contributed by atoms with Gasteiger partial charge < -0.3 is 10.1 Å². The molecule has 0 spiro atoms. The van der Waals surface area contributed by atoms with E-state index in [1.54, 1.807) is 31.6 Å². The van der Waals surface area contributed by atoms with E-state index in [4.69, 9.17) is 4.74 Å². The minimum atomic E-state index is -0.0832. The first-order valence-corrected chi connectivity index (χ1v) is 7.47. The Morgan fingerprint density at radius 2 is 1.91 bits per heavy atom. The highest BCUT2D eigenvalue weighted by Gasteiger charge is 2.08. The van der Waals surface area contributed by atoms with Crippen LogP contribution in [0.1, 0.15) is 41.3 Å². The summed E-state index contributed by atoms with van der Waals surface area (Å²) in [5, 5.41) is 2.91. The van der Waals surface area contributed by atoms with Crippen molar-refractivity contribution >= 4 is 18.3 Å². The number of nitrogens with one attached hydrogen (secondary N) is 1. The molecule has 1 amide bonds. The summed E-state index contributed by atoms with van der Waals surface area (Å²) in [6, 6.07) is 9.67. The second-order valence-electron chi connectivity index (χ2n) is 5.47. The Balaban J connectivity index is 0.00000264. The Kier molecular flexibility index (Phi) is 7.55. The van der Waals surface area contributed by atoms with Crippen molar-refractivity contribution in [3.63, 3.8) is 0 Å². The SMILES string of the molecule is COc1cc(C(C)C)ccc1CCNC(=O)c1ccncc1.Cl. The maximum atomic E-state index is 12.0. The van der Waals surface area contributed by atoms with E-state index in [2.05, 4.69) is 42.3 Å². The number of carbonyl (C=O) groups is 1. The van der Waals surface area contributed by atoms with E-state index in [1.165, 1.54) is 5.56 Å². The molecule has 23 heavy (non-hydrogen) atoms. The highest BCUT2D eigenvalue weighted by Crippen LogP contribution is 2.24. The van der Waals surface area contributed by atoms with Crippen LogP contribution in [0, 0.1) is 0 Å². The Hall–Kier alpha value is -2.07. The van der Waals surface area contributed by atoms with Crippen LogP contribution >= 0.6 is 12.4 Å². The molecule has 0 saturated carbocycles. The summed E-state index contributed by atoms with van der Waals surface area (Å²) in [7, 11) is 1.68. The minimum Gasteiger partial charge on any atom is -0.496 e. The van der Waals surface area contributed by atoms with Gasteiger partial charge in [0.1, 0.15) is 5.75 Å². The number of halogens is 1. The molecule has 0 aliphatic rings. The molecule has 1 heterocycles. The van der Waals surface area contributed by atoms with Crippen LogP contribution in [-0.2, 0) is 6.42 Å². The Morgan fingerprint density at radius 1 is 1.22 bits per heavy atom. The van der Waals surface area contributed by atoms with Gasteiger partial charge in [0.25, 0.3) is 5.91 Å². The fraction of sp³-hybridized carbons (Fsp3) is 0.333. The molecule has 0 bridgehead atoms. The highest BCUT2D eigenvalue weighted by atomic mass is 35.5. The van der Waals surface area contributed by atoms with Crippen molar-refractivity contribution in [1.29, 1.82) is 0 Å². The molecule has 0 unspecified atom stereocenters. The van der Waals surface area contributed by atoms with Crippen molar-refractivity contribution in [3.05, 3.63) is 59.4 Å². The summed E-state index contributed by atoms with van der Waals surface area (Å²) >= 11 is 0. The third-order valence-corrected chi connectivity index (χ3v) is 3.60. The largest absolute Gasteiger partial charge is 0.496 e. The first-order chi connectivity index (χ1) is 10.6. The van der Waals surface area contributed by atoms with Gasteiger partial charge in [-0.15, -0.1) is 12.4 Å². The number of rotatable bonds is 6. The molecule has 0 aliphatic carbocycles. The number of benzene rings is 1. The van der Waals surface area contributed by atoms with Crippen molar-refractivity contribution < 1.29 is 9.53 Å². The molecule has 4 nitrogen and oxygen atoms in total. The molecule has 1 N–H and O–H groups in total. The smallest absolute Gasteiger partial charge is 0.251 e. The van der Waals surface area contributed by atoms with Gasteiger partial charge in [0, 0.05) is 24.5 Å². The molecule has 1 aromatic carbocycles. The van der Waals surface area contributed by atoms with Crippen LogP contribution in [0.3, 0.4) is 0 Å². The zero-order valence-corrected chi connectivity index (χ0v) is 14.5. The maximum absolute atomic E-state index is 12.0. The number of hydrogen-bond donors (Lipinski definition) is 1. The molecular weight excluding hydrogens is 312 g/mol. The van der Waals surface area contributed by atoms with Gasteiger partial charge in [-0.2, -0.15) is 0 Å². The van der Waals surface area contributed by atoms with Crippen LogP contribution < -0.4 is 10.1 Å². The van der Waals surface area contributed by atoms with Crippen LogP contribution in [0.5, 0.6) is 5.75 Å². The summed E-state index contributed by atoms with van der Waals surface area (Å²) in [5.74, 6) is 1.26. The lowest BCUT2D eigenvalue weighted by Gasteiger charge is -2.13. The Morgan fingerprint density at radius 3 is 2.52 bits per heavy atom. The van der Waals surface area contributed by atoms with E-state index in [9.17, 15) is 4.79 Å². The topological polar surface area (TPSA) is 51.2 Å². The van der Waals surface area contributed by atoms with E-state index >= 15 is 0 Å². The second-order valence-corrected chi connectivity index (χ2v) is 5.47. The van der Waals surface area contributed by atoms with Crippen LogP contribution in [0.2, 0.25) is 0 Å². The predicted octanol–water partition coefficient (Wildman–Crippen LogP) is 3.61. The maximum Gasteiger partial charge on any atom is 0.251 e. The molecule has 124 valence electrons. The van der Waals surface area contributed by atoms with Crippen LogP contribution in [0.4, 0.5) is 0 Å². The molecule has 0 saturated heterocycles.